The van der Waals surface area contributed by atoms with Crippen LogP contribution in [0, 0.1) is 12.7 Å². The van der Waals surface area contributed by atoms with E-state index in [4.69, 9.17) is 0 Å². The zero-order chi connectivity index (χ0) is 20.8. The molecule has 1 atom stereocenters. The topological polar surface area (TPSA) is 65.1 Å². The Morgan fingerprint density at radius 2 is 1.77 bits per heavy atom. The highest BCUT2D eigenvalue weighted by atomic mass is 19.1. The van der Waals surface area contributed by atoms with E-state index in [1.54, 1.807) is 42.6 Å². The molecule has 0 bridgehead atoms. The van der Waals surface area contributed by atoms with E-state index in [1.807, 2.05) is 25.1 Å². The van der Waals surface area contributed by atoms with Crippen LogP contribution in [0.4, 0.5) is 10.1 Å². The number of H-pyrrole nitrogens is 1. The van der Waals surface area contributed by atoms with E-state index < -0.39 is 5.92 Å². The largest absolute Gasteiger partial charge is 0.507 e. The minimum Gasteiger partial charge on any atom is -0.507 e. The maximum absolute atomic E-state index is 15.0. The van der Waals surface area contributed by atoms with Crippen LogP contribution in [0.5, 0.6) is 5.75 Å². The third kappa shape index (κ3) is 2.70. The molecule has 1 aromatic heterocycles. The molecule has 1 aliphatic rings. The second kappa shape index (κ2) is 6.88. The molecule has 0 amide bonds. The van der Waals surface area contributed by atoms with E-state index in [2.05, 4.69) is 10.3 Å². The molecule has 0 fully saturated rings. The number of hydrogen-bond acceptors (Lipinski definition) is 3. The lowest BCUT2D eigenvalue weighted by Gasteiger charge is -2.21. The van der Waals surface area contributed by atoms with Crippen molar-refractivity contribution in [2.24, 2.45) is 0 Å². The lowest BCUT2D eigenvalue weighted by molar-refractivity contribution is 0.102. The molecule has 148 valence electrons. The first kappa shape index (κ1) is 18.2. The van der Waals surface area contributed by atoms with Gasteiger partial charge >= 0.3 is 0 Å². The molecule has 0 saturated heterocycles. The van der Waals surface area contributed by atoms with Crippen molar-refractivity contribution in [2.75, 3.05) is 5.32 Å². The minimum atomic E-state index is -0.636. The summed E-state index contributed by atoms with van der Waals surface area (Å²) in [5.41, 5.74) is 4.43. The first-order valence-corrected chi connectivity index (χ1v) is 9.71. The van der Waals surface area contributed by atoms with Gasteiger partial charge in [0, 0.05) is 40.0 Å². The minimum absolute atomic E-state index is 0.103. The molecule has 0 saturated carbocycles. The van der Waals surface area contributed by atoms with E-state index in [1.165, 1.54) is 12.1 Å². The van der Waals surface area contributed by atoms with Crippen molar-refractivity contribution in [2.45, 2.75) is 12.8 Å². The van der Waals surface area contributed by atoms with Gasteiger partial charge in [0.2, 0.25) is 0 Å². The number of carbonyl (C=O) groups excluding carboxylic acids is 1. The fourth-order valence-electron chi connectivity index (χ4n) is 4.33. The van der Waals surface area contributed by atoms with Crippen LogP contribution in [-0.4, -0.2) is 15.9 Å². The molecule has 0 radical (unpaired) electrons. The molecule has 30 heavy (non-hydrogen) atoms. The summed E-state index contributed by atoms with van der Waals surface area (Å²) < 4.78 is 15.0. The van der Waals surface area contributed by atoms with Crippen LogP contribution >= 0.6 is 0 Å². The number of aromatic hydroxyl groups is 1. The third-order valence-electron chi connectivity index (χ3n) is 5.67. The Morgan fingerprint density at radius 1 is 1.00 bits per heavy atom. The van der Waals surface area contributed by atoms with E-state index in [0.717, 1.165) is 27.8 Å². The lowest BCUT2D eigenvalue weighted by Crippen LogP contribution is -2.16. The van der Waals surface area contributed by atoms with Crippen LogP contribution in [0.3, 0.4) is 0 Å². The highest BCUT2D eigenvalue weighted by Crippen LogP contribution is 2.45. The smallest absolute Gasteiger partial charge is 0.195 e. The first-order valence-electron chi connectivity index (χ1n) is 9.71. The number of hydrogen-bond donors (Lipinski definition) is 3. The molecular weight excluding hydrogens is 379 g/mol. The quantitative estimate of drug-likeness (QED) is 0.391. The maximum Gasteiger partial charge on any atom is 0.195 e. The number of aromatic amines is 1. The molecule has 3 aromatic carbocycles. The highest BCUT2D eigenvalue weighted by Gasteiger charge is 2.34. The van der Waals surface area contributed by atoms with Gasteiger partial charge < -0.3 is 15.4 Å². The van der Waals surface area contributed by atoms with Crippen molar-refractivity contribution in [3.8, 4) is 5.75 Å². The number of nitrogens with one attached hydrogen (secondary N) is 2. The monoisotopic (exact) mass is 398 g/mol. The van der Waals surface area contributed by atoms with Crippen LogP contribution in [0.15, 0.2) is 78.5 Å². The number of phenols is 1. The predicted octanol–water partition coefficient (Wildman–Crippen LogP) is 5.65. The van der Waals surface area contributed by atoms with E-state index in [-0.39, 0.29) is 22.9 Å². The fraction of sp³-hybridized carbons (Fsp3) is 0.0800. The van der Waals surface area contributed by atoms with Gasteiger partial charge in [-0.15, -0.1) is 0 Å². The highest BCUT2D eigenvalue weighted by molar-refractivity contribution is 6.13. The molecule has 0 aliphatic carbocycles. The zero-order valence-corrected chi connectivity index (χ0v) is 16.2. The number of benzene rings is 3. The summed E-state index contributed by atoms with van der Waals surface area (Å²) in [6, 6.07) is 18.7. The van der Waals surface area contributed by atoms with Gasteiger partial charge in [0.1, 0.15) is 11.6 Å². The van der Waals surface area contributed by atoms with E-state index in [9.17, 15) is 9.90 Å². The summed E-state index contributed by atoms with van der Waals surface area (Å²) in [5.74, 6) is -1.47. The summed E-state index contributed by atoms with van der Waals surface area (Å²) in [6.45, 7) is 1.93. The van der Waals surface area contributed by atoms with Crippen LogP contribution < -0.4 is 5.32 Å². The summed E-state index contributed by atoms with van der Waals surface area (Å²) in [6.07, 6.45) is 1.64. The molecule has 4 aromatic rings. The van der Waals surface area contributed by atoms with Gasteiger partial charge in [-0.05, 0) is 48.4 Å². The van der Waals surface area contributed by atoms with Gasteiger partial charge in [-0.1, -0.05) is 36.4 Å². The number of aromatic nitrogens is 1. The van der Waals surface area contributed by atoms with Gasteiger partial charge in [-0.3, -0.25) is 4.79 Å². The van der Waals surface area contributed by atoms with Gasteiger partial charge in [0.05, 0.1) is 5.56 Å². The van der Waals surface area contributed by atoms with Gasteiger partial charge in [0.25, 0.3) is 0 Å². The van der Waals surface area contributed by atoms with Crippen molar-refractivity contribution < 1.29 is 14.3 Å². The zero-order valence-electron chi connectivity index (χ0n) is 16.2. The lowest BCUT2D eigenvalue weighted by atomic mass is 9.80. The average Bonchev–Trinajstić information content (AvgIpc) is 2.97. The number of anilines is 1. The Hall–Kier alpha value is -3.86. The van der Waals surface area contributed by atoms with Crippen molar-refractivity contribution in [3.63, 3.8) is 0 Å². The normalized spacial score (nSPS) is 15.4. The molecule has 0 spiro atoms. The molecule has 2 heterocycles. The Kier molecular flexibility index (Phi) is 4.17. The summed E-state index contributed by atoms with van der Waals surface area (Å²) in [7, 11) is 0. The number of para-hydroxylation sites is 1. The van der Waals surface area contributed by atoms with Crippen molar-refractivity contribution in [1.29, 1.82) is 0 Å². The Morgan fingerprint density at radius 3 is 2.57 bits per heavy atom. The van der Waals surface area contributed by atoms with Crippen LogP contribution in [0.2, 0.25) is 0 Å². The van der Waals surface area contributed by atoms with Crippen molar-refractivity contribution in [1.82, 2.24) is 4.98 Å². The number of ketones is 1. The van der Waals surface area contributed by atoms with Crippen LogP contribution in [-0.2, 0) is 0 Å². The van der Waals surface area contributed by atoms with Crippen molar-refractivity contribution in [3.05, 3.63) is 107 Å². The molecule has 1 unspecified atom stereocenters. The molecule has 5 heteroatoms. The number of allylic oxidation sites excluding steroid dienone is 1. The molecule has 5 rings (SSSR count). The second-order valence-corrected chi connectivity index (χ2v) is 7.44. The standard InChI is InChI=1S/C25H19FN2O2/c1-14-22-23(15-7-2-4-9-18(15)26)17(25(30)16-8-3-5-12-21(16)29)13-27-19-10-6-11-20(28-14)24(19)22/h2-13,23,27-29H,1H3. The van der Waals surface area contributed by atoms with E-state index >= 15 is 4.39 Å². The maximum atomic E-state index is 15.0. The third-order valence-corrected chi connectivity index (χ3v) is 5.67. The number of halogens is 1. The Balaban J connectivity index is 1.81. The molecule has 4 nitrogen and oxygen atoms in total. The Labute approximate surface area is 172 Å². The van der Waals surface area contributed by atoms with Gasteiger partial charge in [-0.25, -0.2) is 4.39 Å². The summed E-state index contributed by atoms with van der Waals surface area (Å²) >= 11 is 0. The van der Waals surface area contributed by atoms with Crippen LogP contribution in [0.25, 0.3) is 10.9 Å². The molecule has 3 N–H and O–H groups in total. The number of aryl methyl sites for hydroxylation is 1. The van der Waals surface area contributed by atoms with Gasteiger partial charge in [-0.2, -0.15) is 0 Å². The SMILES string of the molecule is Cc1[nH]c2cccc3c2c1C(c1ccccc1F)C(C(=O)c1ccccc1O)=CN3. The molecular formula is C25H19FN2O2. The van der Waals surface area contributed by atoms with Crippen molar-refractivity contribution >= 4 is 22.4 Å². The number of Topliss-reactive ketones (excluding diaryl/α,β-unsaturated/α-hetero) is 1. The first-order chi connectivity index (χ1) is 14.6. The Bertz CT molecular complexity index is 1340. The van der Waals surface area contributed by atoms with E-state index in [0.29, 0.717) is 11.1 Å². The van der Waals surface area contributed by atoms with Crippen LogP contribution in [0.1, 0.15) is 33.1 Å². The molecule has 1 aliphatic heterocycles. The van der Waals surface area contributed by atoms with Gasteiger partial charge in [0.15, 0.2) is 5.78 Å². The second-order valence-electron chi connectivity index (χ2n) is 7.44. The summed E-state index contributed by atoms with van der Waals surface area (Å²) in [4.78, 5) is 16.9. The average molecular weight is 398 g/mol. The predicted molar refractivity (Wildman–Crippen MR) is 115 cm³/mol. The number of phenolic OH excluding ortho intramolecular Hbond substituents is 1. The number of rotatable bonds is 3. The summed E-state index contributed by atoms with van der Waals surface area (Å²) in [5, 5.41) is 14.5. The fourth-order valence-corrected chi connectivity index (χ4v) is 4.33. The number of carbonyl (C=O) groups is 1.